The predicted molar refractivity (Wildman–Crippen MR) is 124 cm³/mol. The van der Waals surface area contributed by atoms with Crippen LogP contribution in [0, 0.1) is 5.92 Å². The minimum absolute atomic E-state index is 0.0247. The zero-order chi connectivity index (χ0) is 22.7. The molecular weight excluding hydrogens is 402 g/mol. The Kier molecular flexibility index (Phi) is 6.30. The summed E-state index contributed by atoms with van der Waals surface area (Å²) in [5, 5.41) is 3.02. The lowest BCUT2D eigenvalue weighted by Crippen LogP contribution is -2.47. The highest BCUT2D eigenvalue weighted by Gasteiger charge is 2.43. The molecule has 1 N–H and O–H groups in total. The highest BCUT2D eigenvalue weighted by atomic mass is 16.5. The molecule has 0 fully saturated rings. The van der Waals surface area contributed by atoms with Gasteiger partial charge < -0.3 is 15.0 Å². The van der Waals surface area contributed by atoms with Crippen molar-refractivity contribution in [3.8, 4) is 5.75 Å². The largest absolute Gasteiger partial charge is 0.489 e. The molecule has 0 bridgehead atoms. The Morgan fingerprint density at radius 3 is 2.66 bits per heavy atom. The number of ether oxygens (including phenoxy) is 1. The minimum Gasteiger partial charge on any atom is -0.489 e. The first kappa shape index (κ1) is 21.7. The quantitative estimate of drug-likeness (QED) is 0.635. The monoisotopic (exact) mass is 431 g/mol. The number of carbonyl (C=O) groups excluding carboxylic acids is 2. The molecule has 2 aromatic rings. The molecule has 0 saturated carbocycles. The van der Waals surface area contributed by atoms with Crippen molar-refractivity contribution >= 4 is 11.9 Å². The smallest absolute Gasteiger partial charge is 0.322 e. The van der Waals surface area contributed by atoms with Crippen LogP contribution in [-0.2, 0) is 11.4 Å². The molecule has 4 rings (SSSR count). The van der Waals surface area contributed by atoms with Crippen LogP contribution < -0.4 is 10.1 Å². The first-order chi connectivity index (χ1) is 15.5. The van der Waals surface area contributed by atoms with E-state index in [9.17, 15) is 9.59 Å². The Morgan fingerprint density at radius 1 is 1.16 bits per heavy atom. The third-order valence-corrected chi connectivity index (χ3v) is 5.63. The highest BCUT2D eigenvalue weighted by Crippen LogP contribution is 2.37. The second kappa shape index (κ2) is 9.30. The number of nitrogens with one attached hydrogen (secondary N) is 1. The number of nitrogens with zero attached hydrogens (tertiary/aromatic N) is 2. The van der Waals surface area contributed by atoms with Crippen LogP contribution in [0.15, 0.2) is 78.5 Å². The van der Waals surface area contributed by atoms with Crippen LogP contribution in [0.3, 0.4) is 0 Å². The number of rotatable bonds is 8. The van der Waals surface area contributed by atoms with Gasteiger partial charge in [-0.1, -0.05) is 62.4 Å². The van der Waals surface area contributed by atoms with E-state index in [0.29, 0.717) is 43.5 Å². The summed E-state index contributed by atoms with van der Waals surface area (Å²) >= 11 is 0. The minimum atomic E-state index is -0.511. The number of carbonyl (C=O) groups is 2. The average molecular weight is 432 g/mol. The number of amides is 3. The molecule has 32 heavy (non-hydrogen) atoms. The highest BCUT2D eigenvalue weighted by molar-refractivity contribution is 6.01. The normalized spacial score (nSPS) is 18.2. The van der Waals surface area contributed by atoms with E-state index in [-0.39, 0.29) is 11.9 Å². The van der Waals surface area contributed by atoms with Crippen molar-refractivity contribution in [2.75, 3.05) is 19.6 Å². The van der Waals surface area contributed by atoms with Gasteiger partial charge in [-0.2, -0.15) is 0 Å². The standard InChI is InChI=1S/C26H29N3O3/c1-4-13-29-22-16-28(15-18(2)3)25(30)23(22)24(27-26(29)31)20-11-8-12-21(14-20)32-17-19-9-6-5-7-10-19/h4-12,14,18,24H,1,13,15-17H2,2-3H3,(H,27,31). The first-order valence-electron chi connectivity index (χ1n) is 11.0. The van der Waals surface area contributed by atoms with E-state index in [1.165, 1.54) is 0 Å². The molecular formula is C26H29N3O3. The van der Waals surface area contributed by atoms with Gasteiger partial charge in [0.05, 0.1) is 23.9 Å². The number of benzene rings is 2. The van der Waals surface area contributed by atoms with Crippen molar-refractivity contribution in [1.82, 2.24) is 15.1 Å². The van der Waals surface area contributed by atoms with Crippen LogP contribution in [0.25, 0.3) is 0 Å². The van der Waals surface area contributed by atoms with Crippen LogP contribution in [0.1, 0.15) is 31.0 Å². The summed E-state index contributed by atoms with van der Waals surface area (Å²) in [4.78, 5) is 29.7. The molecule has 0 aromatic heterocycles. The summed E-state index contributed by atoms with van der Waals surface area (Å²) in [7, 11) is 0. The summed E-state index contributed by atoms with van der Waals surface area (Å²) in [5.41, 5.74) is 3.30. The van der Waals surface area contributed by atoms with Gasteiger partial charge in [0.15, 0.2) is 0 Å². The predicted octanol–water partition coefficient (Wildman–Crippen LogP) is 4.27. The maximum atomic E-state index is 13.3. The molecule has 1 unspecified atom stereocenters. The van der Waals surface area contributed by atoms with Gasteiger partial charge in [-0.05, 0) is 29.2 Å². The molecule has 2 aliphatic heterocycles. The molecule has 2 aliphatic rings. The molecule has 166 valence electrons. The van der Waals surface area contributed by atoms with Crippen molar-refractivity contribution in [3.63, 3.8) is 0 Å². The zero-order valence-corrected chi connectivity index (χ0v) is 18.6. The first-order valence-corrected chi connectivity index (χ1v) is 11.0. The SMILES string of the molecule is C=CCN1C(=O)NC(c2cccc(OCc3ccccc3)c2)C2=C1CN(CC(C)C)C2=O. The van der Waals surface area contributed by atoms with Crippen LogP contribution in [0.5, 0.6) is 5.75 Å². The Bertz CT molecular complexity index is 1050. The van der Waals surface area contributed by atoms with Crippen molar-refractivity contribution in [2.45, 2.75) is 26.5 Å². The van der Waals surface area contributed by atoms with Crippen molar-refractivity contribution in [2.24, 2.45) is 5.92 Å². The van der Waals surface area contributed by atoms with E-state index < -0.39 is 6.04 Å². The van der Waals surface area contributed by atoms with Gasteiger partial charge in [0.2, 0.25) is 0 Å². The second-order valence-electron chi connectivity index (χ2n) is 8.57. The summed E-state index contributed by atoms with van der Waals surface area (Å²) in [6.45, 7) is 9.83. The Hall–Kier alpha value is -3.54. The van der Waals surface area contributed by atoms with E-state index in [0.717, 1.165) is 16.8 Å². The molecule has 2 heterocycles. The molecule has 1 atom stereocenters. The Balaban J connectivity index is 1.63. The summed E-state index contributed by atoms with van der Waals surface area (Å²) in [6.07, 6.45) is 1.68. The molecule has 0 saturated heterocycles. The second-order valence-corrected chi connectivity index (χ2v) is 8.57. The van der Waals surface area contributed by atoms with Gasteiger partial charge in [0.25, 0.3) is 5.91 Å². The van der Waals surface area contributed by atoms with E-state index in [4.69, 9.17) is 4.74 Å². The third-order valence-electron chi connectivity index (χ3n) is 5.63. The average Bonchev–Trinajstić information content (AvgIpc) is 3.10. The topological polar surface area (TPSA) is 61.9 Å². The van der Waals surface area contributed by atoms with E-state index in [1.54, 1.807) is 11.0 Å². The fourth-order valence-corrected chi connectivity index (χ4v) is 4.23. The summed E-state index contributed by atoms with van der Waals surface area (Å²) < 4.78 is 5.97. The van der Waals surface area contributed by atoms with Gasteiger partial charge in [-0.15, -0.1) is 6.58 Å². The zero-order valence-electron chi connectivity index (χ0n) is 18.6. The van der Waals surface area contributed by atoms with E-state index in [1.807, 2.05) is 59.5 Å². The van der Waals surface area contributed by atoms with Crippen LogP contribution in [-0.4, -0.2) is 41.4 Å². The van der Waals surface area contributed by atoms with Crippen molar-refractivity contribution in [1.29, 1.82) is 0 Å². The summed E-state index contributed by atoms with van der Waals surface area (Å²) in [5.74, 6) is 1.01. The molecule has 3 amide bonds. The lowest BCUT2D eigenvalue weighted by molar-refractivity contribution is -0.126. The number of hydrogen-bond donors (Lipinski definition) is 1. The van der Waals surface area contributed by atoms with Gasteiger partial charge >= 0.3 is 6.03 Å². The van der Waals surface area contributed by atoms with Crippen LogP contribution >= 0.6 is 0 Å². The lowest BCUT2D eigenvalue weighted by atomic mass is 9.95. The summed E-state index contributed by atoms with van der Waals surface area (Å²) in [6, 6.07) is 16.8. The lowest BCUT2D eigenvalue weighted by Gasteiger charge is -2.33. The Labute approximate surface area is 189 Å². The van der Waals surface area contributed by atoms with Crippen molar-refractivity contribution < 1.29 is 14.3 Å². The van der Waals surface area contributed by atoms with Gasteiger partial charge in [-0.25, -0.2) is 4.79 Å². The maximum Gasteiger partial charge on any atom is 0.322 e. The van der Waals surface area contributed by atoms with Gasteiger partial charge in [0.1, 0.15) is 12.4 Å². The fourth-order valence-electron chi connectivity index (χ4n) is 4.23. The molecule has 0 radical (unpaired) electrons. The fraction of sp³-hybridized carbons (Fsp3) is 0.308. The maximum absolute atomic E-state index is 13.3. The molecule has 0 spiro atoms. The molecule has 2 aromatic carbocycles. The number of hydrogen-bond acceptors (Lipinski definition) is 3. The van der Waals surface area contributed by atoms with Gasteiger partial charge in [0, 0.05) is 13.1 Å². The molecule has 0 aliphatic carbocycles. The van der Waals surface area contributed by atoms with Crippen molar-refractivity contribution in [3.05, 3.63) is 89.6 Å². The van der Waals surface area contributed by atoms with Crippen LogP contribution in [0.4, 0.5) is 4.79 Å². The third kappa shape index (κ3) is 4.40. The molecule has 6 heteroatoms. The molecule has 6 nitrogen and oxygen atoms in total. The number of urea groups is 1. The Morgan fingerprint density at radius 2 is 1.94 bits per heavy atom. The van der Waals surface area contributed by atoms with Crippen LogP contribution in [0.2, 0.25) is 0 Å². The van der Waals surface area contributed by atoms with E-state index >= 15 is 0 Å². The van der Waals surface area contributed by atoms with E-state index in [2.05, 4.69) is 25.7 Å². The van der Waals surface area contributed by atoms with Gasteiger partial charge in [-0.3, -0.25) is 9.69 Å².